The summed E-state index contributed by atoms with van der Waals surface area (Å²) in [5, 5.41) is 6.07. The van der Waals surface area contributed by atoms with E-state index in [1.807, 2.05) is 42.1 Å². The fraction of sp³-hybridized carbons (Fsp3) is 0.333. The smallest absolute Gasteiger partial charge is 0.231 e. The van der Waals surface area contributed by atoms with Crippen LogP contribution in [-0.2, 0) is 9.53 Å². The number of rotatable bonds is 4. The van der Waals surface area contributed by atoms with E-state index in [0.717, 1.165) is 11.4 Å². The van der Waals surface area contributed by atoms with Crippen LogP contribution < -0.4 is 10.6 Å². The predicted octanol–water partition coefficient (Wildman–Crippen LogP) is 1.05. The highest BCUT2D eigenvalue weighted by atomic mass is 16.5. The fourth-order valence-corrected chi connectivity index (χ4v) is 2.49. The average molecular weight is 286 g/mol. The quantitative estimate of drug-likeness (QED) is 0.881. The molecule has 2 aromatic rings. The van der Waals surface area contributed by atoms with Crippen LogP contribution in [0.5, 0.6) is 0 Å². The molecular formula is C15H18N4O2. The predicted molar refractivity (Wildman–Crippen MR) is 79.4 cm³/mol. The summed E-state index contributed by atoms with van der Waals surface area (Å²) in [5.41, 5.74) is 1.73. The molecule has 2 heterocycles. The molecule has 6 heteroatoms. The molecule has 0 radical (unpaired) electrons. The monoisotopic (exact) mass is 286 g/mol. The molecule has 1 saturated heterocycles. The third-order valence-corrected chi connectivity index (χ3v) is 3.70. The van der Waals surface area contributed by atoms with Crippen molar-refractivity contribution in [2.75, 3.05) is 25.6 Å². The summed E-state index contributed by atoms with van der Waals surface area (Å²) in [6.45, 7) is 1.03. The first-order valence-electron chi connectivity index (χ1n) is 6.92. The van der Waals surface area contributed by atoms with Gasteiger partial charge in [0.1, 0.15) is 0 Å². The van der Waals surface area contributed by atoms with Crippen LogP contribution in [0.4, 0.5) is 5.69 Å². The van der Waals surface area contributed by atoms with E-state index < -0.39 is 0 Å². The highest BCUT2D eigenvalue weighted by molar-refractivity contribution is 5.93. The van der Waals surface area contributed by atoms with E-state index in [9.17, 15) is 4.79 Å². The Labute approximate surface area is 123 Å². The number of hydrogen-bond donors (Lipinski definition) is 2. The van der Waals surface area contributed by atoms with Crippen LogP contribution in [0.3, 0.4) is 0 Å². The lowest BCUT2D eigenvalue weighted by Crippen LogP contribution is -2.39. The van der Waals surface area contributed by atoms with E-state index in [1.165, 1.54) is 0 Å². The molecule has 1 aliphatic rings. The number of benzene rings is 1. The molecule has 1 aromatic carbocycles. The number of hydrogen-bond acceptors (Lipinski definition) is 4. The SMILES string of the molecule is CNC1COCC1C(=O)Nc1cccc(-n2ccnc2)c1. The molecule has 1 aliphatic heterocycles. The molecule has 110 valence electrons. The Morgan fingerprint density at radius 1 is 1.43 bits per heavy atom. The number of carbonyl (C=O) groups excluding carboxylic acids is 1. The van der Waals surface area contributed by atoms with Gasteiger partial charge in [-0.2, -0.15) is 0 Å². The van der Waals surface area contributed by atoms with E-state index in [2.05, 4.69) is 15.6 Å². The normalized spacial score (nSPS) is 21.4. The van der Waals surface area contributed by atoms with Crippen molar-refractivity contribution in [3.63, 3.8) is 0 Å². The lowest BCUT2D eigenvalue weighted by molar-refractivity contribution is -0.120. The van der Waals surface area contributed by atoms with Crippen LogP contribution in [0, 0.1) is 5.92 Å². The molecule has 1 amide bonds. The van der Waals surface area contributed by atoms with Crippen molar-refractivity contribution in [2.45, 2.75) is 6.04 Å². The van der Waals surface area contributed by atoms with Crippen LogP contribution >= 0.6 is 0 Å². The molecule has 1 fully saturated rings. The number of nitrogens with one attached hydrogen (secondary N) is 2. The Kier molecular flexibility index (Phi) is 3.98. The molecular weight excluding hydrogens is 268 g/mol. The third-order valence-electron chi connectivity index (χ3n) is 3.70. The first kappa shape index (κ1) is 13.8. The van der Waals surface area contributed by atoms with Crippen molar-refractivity contribution in [1.29, 1.82) is 0 Å². The second kappa shape index (κ2) is 6.07. The molecule has 21 heavy (non-hydrogen) atoms. The van der Waals surface area contributed by atoms with Gasteiger partial charge >= 0.3 is 0 Å². The van der Waals surface area contributed by atoms with Gasteiger partial charge in [-0.1, -0.05) is 6.07 Å². The number of imidazole rings is 1. The maximum atomic E-state index is 12.3. The number of amides is 1. The lowest BCUT2D eigenvalue weighted by atomic mass is 10.0. The Bertz CT molecular complexity index is 612. The molecule has 1 aromatic heterocycles. The van der Waals surface area contributed by atoms with E-state index in [1.54, 1.807) is 12.5 Å². The lowest BCUT2D eigenvalue weighted by Gasteiger charge is -2.16. The zero-order valence-corrected chi connectivity index (χ0v) is 11.8. The summed E-state index contributed by atoms with van der Waals surface area (Å²) >= 11 is 0. The standard InChI is InChI=1S/C15H18N4O2/c1-16-14-9-21-8-13(14)15(20)18-11-3-2-4-12(7-11)19-6-5-17-10-19/h2-7,10,13-14,16H,8-9H2,1H3,(H,18,20). The highest BCUT2D eigenvalue weighted by Gasteiger charge is 2.32. The molecule has 0 bridgehead atoms. The van der Waals surface area contributed by atoms with Crippen molar-refractivity contribution >= 4 is 11.6 Å². The van der Waals surface area contributed by atoms with Gasteiger partial charge in [0, 0.05) is 29.8 Å². The molecule has 2 unspecified atom stereocenters. The Hall–Kier alpha value is -2.18. The van der Waals surface area contributed by atoms with Crippen molar-refractivity contribution in [3.05, 3.63) is 43.0 Å². The van der Waals surface area contributed by atoms with E-state index in [-0.39, 0.29) is 17.9 Å². The molecule has 6 nitrogen and oxygen atoms in total. The largest absolute Gasteiger partial charge is 0.379 e. The van der Waals surface area contributed by atoms with Crippen LogP contribution in [-0.4, -0.2) is 41.8 Å². The summed E-state index contributed by atoms with van der Waals surface area (Å²) in [6, 6.07) is 7.74. The molecule has 0 aliphatic carbocycles. The average Bonchev–Trinajstić information content (AvgIpc) is 3.18. The Morgan fingerprint density at radius 2 is 2.33 bits per heavy atom. The summed E-state index contributed by atoms with van der Waals surface area (Å²) in [5.74, 6) is -0.179. The fourth-order valence-electron chi connectivity index (χ4n) is 2.49. The van der Waals surface area contributed by atoms with Crippen molar-refractivity contribution in [1.82, 2.24) is 14.9 Å². The van der Waals surface area contributed by atoms with E-state index in [0.29, 0.717) is 13.2 Å². The molecule has 3 rings (SSSR count). The minimum absolute atomic E-state index is 0.0189. The third kappa shape index (κ3) is 2.96. The maximum Gasteiger partial charge on any atom is 0.231 e. The van der Waals surface area contributed by atoms with Crippen LogP contribution in [0.25, 0.3) is 5.69 Å². The van der Waals surface area contributed by atoms with E-state index >= 15 is 0 Å². The Morgan fingerprint density at radius 3 is 3.10 bits per heavy atom. The van der Waals surface area contributed by atoms with Gasteiger partial charge in [-0.05, 0) is 25.2 Å². The van der Waals surface area contributed by atoms with Crippen LogP contribution in [0.2, 0.25) is 0 Å². The first-order valence-corrected chi connectivity index (χ1v) is 6.92. The minimum Gasteiger partial charge on any atom is -0.379 e. The van der Waals surface area contributed by atoms with Crippen LogP contribution in [0.15, 0.2) is 43.0 Å². The first-order chi connectivity index (χ1) is 10.3. The van der Waals surface area contributed by atoms with Gasteiger partial charge in [0.05, 0.1) is 25.5 Å². The second-order valence-electron chi connectivity index (χ2n) is 5.05. The van der Waals surface area contributed by atoms with Gasteiger partial charge in [-0.25, -0.2) is 4.98 Å². The topological polar surface area (TPSA) is 68.2 Å². The maximum absolute atomic E-state index is 12.3. The van der Waals surface area contributed by atoms with Crippen molar-refractivity contribution in [3.8, 4) is 5.69 Å². The minimum atomic E-state index is -0.160. The Balaban J connectivity index is 1.73. The number of nitrogens with zero attached hydrogens (tertiary/aromatic N) is 2. The van der Waals surface area contributed by atoms with E-state index in [4.69, 9.17) is 4.74 Å². The van der Waals surface area contributed by atoms with Crippen molar-refractivity contribution < 1.29 is 9.53 Å². The van der Waals surface area contributed by atoms with Gasteiger partial charge in [0.2, 0.25) is 5.91 Å². The van der Waals surface area contributed by atoms with Gasteiger partial charge in [0.15, 0.2) is 0 Å². The zero-order valence-electron chi connectivity index (χ0n) is 11.8. The zero-order chi connectivity index (χ0) is 14.7. The second-order valence-corrected chi connectivity index (χ2v) is 5.05. The summed E-state index contributed by atoms with van der Waals surface area (Å²) in [7, 11) is 1.85. The molecule has 0 saturated carbocycles. The van der Waals surface area contributed by atoms with Gasteiger partial charge in [-0.15, -0.1) is 0 Å². The molecule has 2 N–H and O–H groups in total. The van der Waals surface area contributed by atoms with Gasteiger partial charge in [0.25, 0.3) is 0 Å². The summed E-state index contributed by atoms with van der Waals surface area (Å²) < 4.78 is 7.26. The number of aromatic nitrogens is 2. The van der Waals surface area contributed by atoms with Crippen molar-refractivity contribution in [2.24, 2.45) is 5.92 Å². The number of anilines is 1. The van der Waals surface area contributed by atoms with Crippen LogP contribution in [0.1, 0.15) is 0 Å². The summed E-state index contributed by atoms with van der Waals surface area (Å²) in [4.78, 5) is 16.4. The summed E-state index contributed by atoms with van der Waals surface area (Å²) in [6.07, 6.45) is 5.31. The van der Waals surface area contributed by atoms with Gasteiger partial charge < -0.3 is 19.9 Å². The molecule has 2 atom stereocenters. The number of ether oxygens (including phenoxy) is 1. The number of likely N-dealkylation sites (N-methyl/N-ethyl adjacent to an activating group) is 1. The number of carbonyl (C=O) groups is 1. The highest BCUT2D eigenvalue weighted by Crippen LogP contribution is 2.18. The van der Waals surface area contributed by atoms with Gasteiger partial charge in [-0.3, -0.25) is 4.79 Å². The molecule has 0 spiro atoms.